The van der Waals surface area contributed by atoms with E-state index in [1.807, 2.05) is 0 Å². The maximum absolute atomic E-state index is 9.95. The highest BCUT2D eigenvalue weighted by atomic mass is 28.3. The molecule has 2 nitrogen and oxygen atoms in total. The average Bonchev–Trinajstić information content (AvgIpc) is 2.33. The minimum atomic E-state index is -1.48. The molecule has 0 bridgehead atoms. The smallest absolute Gasteiger partial charge is 0.161 e. The third-order valence-corrected chi connectivity index (χ3v) is 4.21. The minimum absolute atomic E-state index is 0.107. The highest BCUT2D eigenvalue weighted by Crippen LogP contribution is 2.29. The van der Waals surface area contributed by atoms with Crippen LogP contribution in [-0.4, -0.2) is 28.4 Å². The van der Waals surface area contributed by atoms with E-state index >= 15 is 0 Å². The number of ether oxygens (including phenoxy) is 1. The SMILES string of the molecule is COc1cc(C#C[Si](C)(C)C)c(C#C[Si](C)(C)C)cc1O. The first-order valence-corrected chi connectivity index (χ1v) is 14.0. The highest BCUT2D eigenvalue weighted by Gasteiger charge is 2.12. The molecular formula is C17H24O2Si2. The maximum Gasteiger partial charge on any atom is 0.161 e. The number of phenolic OH excluding ortho intramolecular Hbond substituents is 1. The van der Waals surface area contributed by atoms with E-state index in [1.165, 1.54) is 7.11 Å². The summed E-state index contributed by atoms with van der Waals surface area (Å²) in [5.41, 5.74) is 8.27. The van der Waals surface area contributed by atoms with Gasteiger partial charge in [-0.25, -0.2) is 0 Å². The summed E-state index contributed by atoms with van der Waals surface area (Å²) in [5.74, 6) is 6.96. The van der Waals surface area contributed by atoms with E-state index in [9.17, 15) is 5.11 Å². The predicted molar refractivity (Wildman–Crippen MR) is 95.1 cm³/mol. The van der Waals surface area contributed by atoms with E-state index in [0.717, 1.165) is 11.1 Å². The number of phenols is 1. The van der Waals surface area contributed by atoms with Crippen LogP contribution in [0.2, 0.25) is 39.3 Å². The van der Waals surface area contributed by atoms with Gasteiger partial charge in [-0.1, -0.05) is 51.1 Å². The molecule has 0 spiro atoms. The van der Waals surface area contributed by atoms with Crippen LogP contribution in [-0.2, 0) is 0 Å². The molecule has 0 saturated heterocycles. The Morgan fingerprint density at radius 2 is 1.29 bits per heavy atom. The van der Waals surface area contributed by atoms with Crippen LogP contribution < -0.4 is 4.74 Å². The van der Waals surface area contributed by atoms with Gasteiger partial charge in [0.25, 0.3) is 0 Å². The van der Waals surface area contributed by atoms with Crippen LogP contribution >= 0.6 is 0 Å². The summed E-state index contributed by atoms with van der Waals surface area (Å²) in [4.78, 5) is 0. The zero-order valence-electron chi connectivity index (χ0n) is 14.0. The van der Waals surface area contributed by atoms with E-state index in [1.54, 1.807) is 12.1 Å². The highest BCUT2D eigenvalue weighted by molar-refractivity contribution is 6.84. The summed E-state index contributed by atoms with van der Waals surface area (Å²) in [5, 5.41) is 9.95. The number of hydrogen-bond acceptors (Lipinski definition) is 2. The lowest BCUT2D eigenvalue weighted by molar-refractivity contribution is 0.373. The van der Waals surface area contributed by atoms with Gasteiger partial charge in [0.05, 0.1) is 7.11 Å². The Hall–Kier alpha value is -1.63. The van der Waals surface area contributed by atoms with Crippen molar-refractivity contribution < 1.29 is 9.84 Å². The number of hydrogen-bond donors (Lipinski definition) is 1. The normalized spacial score (nSPS) is 11.0. The summed E-state index contributed by atoms with van der Waals surface area (Å²) in [6.45, 7) is 13.2. The molecule has 0 unspecified atom stereocenters. The van der Waals surface area contributed by atoms with Gasteiger partial charge in [-0.15, -0.1) is 11.1 Å². The van der Waals surface area contributed by atoms with Gasteiger partial charge in [-0.2, -0.15) is 0 Å². The van der Waals surface area contributed by atoms with E-state index in [-0.39, 0.29) is 5.75 Å². The molecule has 0 aliphatic carbocycles. The molecule has 0 amide bonds. The van der Waals surface area contributed by atoms with Crippen LogP contribution in [0.4, 0.5) is 0 Å². The van der Waals surface area contributed by atoms with Crippen LogP contribution in [0.3, 0.4) is 0 Å². The summed E-state index contributed by atoms with van der Waals surface area (Å²) in [6, 6.07) is 3.43. The maximum atomic E-state index is 9.95. The van der Waals surface area contributed by atoms with Gasteiger partial charge >= 0.3 is 0 Å². The molecule has 0 aromatic heterocycles. The van der Waals surface area contributed by atoms with Crippen LogP contribution in [0, 0.1) is 22.9 Å². The topological polar surface area (TPSA) is 29.5 Å². The molecule has 1 aromatic carbocycles. The van der Waals surface area contributed by atoms with Gasteiger partial charge in [-0.05, 0) is 0 Å². The Bertz CT molecular complexity index is 642. The quantitative estimate of drug-likeness (QED) is 0.630. The molecule has 1 N–H and O–H groups in total. The van der Waals surface area contributed by atoms with Gasteiger partial charge in [0.15, 0.2) is 11.5 Å². The van der Waals surface area contributed by atoms with Crippen LogP contribution in [0.25, 0.3) is 0 Å². The molecule has 0 saturated carbocycles. The van der Waals surface area contributed by atoms with E-state index < -0.39 is 16.1 Å². The molecule has 0 atom stereocenters. The molecule has 0 heterocycles. The van der Waals surface area contributed by atoms with Crippen molar-refractivity contribution >= 4 is 16.1 Å². The summed E-state index contributed by atoms with van der Waals surface area (Å²) < 4.78 is 5.17. The third-order valence-electron chi connectivity index (χ3n) is 2.46. The van der Waals surface area contributed by atoms with Gasteiger partial charge in [0.2, 0.25) is 0 Å². The van der Waals surface area contributed by atoms with Crippen LogP contribution in [0.15, 0.2) is 12.1 Å². The molecule has 4 heteroatoms. The fourth-order valence-electron chi connectivity index (χ4n) is 1.45. The summed E-state index contributed by atoms with van der Waals surface area (Å²) in [7, 11) is -1.40. The van der Waals surface area contributed by atoms with Crippen molar-refractivity contribution in [2.45, 2.75) is 39.3 Å². The van der Waals surface area contributed by atoms with Crippen molar-refractivity contribution in [3.05, 3.63) is 23.3 Å². The lowest BCUT2D eigenvalue weighted by Gasteiger charge is -2.08. The molecule has 1 aromatic rings. The van der Waals surface area contributed by atoms with E-state index in [0.29, 0.717) is 5.75 Å². The lowest BCUT2D eigenvalue weighted by Crippen LogP contribution is -2.16. The van der Waals surface area contributed by atoms with Gasteiger partial charge in [-0.3, -0.25) is 0 Å². The minimum Gasteiger partial charge on any atom is -0.504 e. The lowest BCUT2D eigenvalue weighted by atomic mass is 10.1. The van der Waals surface area contributed by atoms with Gasteiger partial charge in [0.1, 0.15) is 16.1 Å². The Morgan fingerprint density at radius 1 is 0.857 bits per heavy atom. The third kappa shape index (κ3) is 6.12. The summed E-state index contributed by atoms with van der Waals surface area (Å²) in [6.07, 6.45) is 0. The number of rotatable bonds is 1. The second-order valence-electron chi connectivity index (χ2n) is 7.07. The molecule has 0 aliphatic rings. The standard InChI is InChI=1S/C17H24O2Si2/c1-19-17-13-15(9-11-21(5,6)7)14(12-16(17)18)8-10-20(2,3)4/h12-13,18H,1-7H3. The van der Waals surface area contributed by atoms with Crippen molar-refractivity contribution in [2.75, 3.05) is 7.11 Å². The van der Waals surface area contributed by atoms with E-state index in [4.69, 9.17) is 4.74 Å². The average molecular weight is 317 g/mol. The second kappa shape index (κ2) is 6.43. The van der Waals surface area contributed by atoms with Gasteiger partial charge in [0, 0.05) is 23.3 Å². The van der Waals surface area contributed by atoms with Crippen molar-refractivity contribution in [2.24, 2.45) is 0 Å². The molecule has 1 rings (SSSR count). The first-order valence-electron chi connectivity index (χ1n) is 6.99. The zero-order valence-corrected chi connectivity index (χ0v) is 16.0. The van der Waals surface area contributed by atoms with Crippen LogP contribution in [0.5, 0.6) is 11.5 Å². The molecular weight excluding hydrogens is 292 g/mol. The van der Waals surface area contributed by atoms with Crippen molar-refractivity contribution in [3.63, 3.8) is 0 Å². The molecule has 0 fully saturated rings. The van der Waals surface area contributed by atoms with Crippen molar-refractivity contribution in [1.82, 2.24) is 0 Å². The second-order valence-corrected chi connectivity index (χ2v) is 16.6. The fraction of sp³-hybridized carbons (Fsp3) is 0.412. The van der Waals surface area contributed by atoms with Gasteiger partial charge < -0.3 is 9.84 Å². The van der Waals surface area contributed by atoms with Crippen LogP contribution in [0.1, 0.15) is 11.1 Å². The Balaban J connectivity index is 3.42. The first kappa shape index (κ1) is 17.4. The number of aromatic hydroxyl groups is 1. The van der Waals surface area contributed by atoms with Crippen molar-refractivity contribution in [3.8, 4) is 34.4 Å². The number of benzene rings is 1. The molecule has 0 aliphatic heterocycles. The molecule has 0 radical (unpaired) electrons. The Labute approximate surface area is 130 Å². The largest absolute Gasteiger partial charge is 0.504 e. The first-order chi connectivity index (χ1) is 9.52. The number of methoxy groups -OCH3 is 1. The predicted octanol–water partition coefficient (Wildman–Crippen LogP) is 3.86. The molecule has 112 valence electrons. The van der Waals surface area contributed by atoms with Crippen molar-refractivity contribution in [1.29, 1.82) is 0 Å². The summed E-state index contributed by atoms with van der Waals surface area (Å²) >= 11 is 0. The Morgan fingerprint density at radius 3 is 1.67 bits per heavy atom. The fourth-order valence-corrected chi connectivity index (χ4v) is 2.47. The monoisotopic (exact) mass is 316 g/mol. The Kier molecular flexibility index (Phi) is 5.33. The zero-order chi connectivity index (χ0) is 16.3. The van der Waals surface area contributed by atoms with E-state index in [2.05, 4.69) is 62.2 Å². The molecule has 21 heavy (non-hydrogen) atoms.